The van der Waals surface area contributed by atoms with E-state index in [0.717, 1.165) is 45.2 Å². The van der Waals surface area contributed by atoms with Crippen LogP contribution in [0.25, 0.3) is 0 Å². The van der Waals surface area contributed by atoms with Crippen LogP contribution in [0.5, 0.6) is 0 Å². The van der Waals surface area contributed by atoms with Crippen molar-refractivity contribution in [1.29, 1.82) is 0 Å². The molecule has 0 unspecified atom stereocenters. The highest BCUT2D eigenvalue weighted by Gasteiger charge is 2.24. The standard InChI is InChI=1S/C20H35N5OS/c1-6-21-19(22-15-20(4,5)17-8-7-13-27-17)25-11-9-24(10-12-25)14-18(26)23-16(2)3/h7-8,13,16H,6,9-12,14-15H2,1-5H3,(H,21,22)(H,23,26). The second-order valence-electron chi connectivity index (χ2n) is 8.02. The van der Waals surface area contributed by atoms with Crippen LogP contribution >= 0.6 is 11.3 Å². The van der Waals surface area contributed by atoms with Crippen molar-refractivity contribution in [3.05, 3.63) is 22.4 Å². The molecule has 0 aliphatic carbocycles. The van der Waals surface area contributed by atoms with Crippen molar-refractivity contribution in [2.24, 2.45) is 4.99 Å². The van der Waals surface area contributed by atoms with E-state index in [4.69, 9.17) is 4.99 Å². The number of thiophene rings is 1. The minimum Gasteiger partial charge on any atom is -0.357 e. The fraction of sp³-hybridized carbons (Fsp3) is 0.700. The maximum atomic E-state index is 12.0. The molecule has 1 aromatic heterocycles. The molecule has 0 spiro atoms. The summed E-state index contributed by atoms with van der Waals surface area (Å²) in [6, 6.07) is 4.48. The Bertz CT molecular complexity index is 604. The Hall–Kier alpha value is -1.60. The Morgan fingerprint density at radius 3 is 2.56 bits per heavy atom. The van der Waals surface area contributed by atoms with Crippen LogP contribution in [0.15, 0.2) is 22.5 Å². The first kappa shape index (κ1) is 21.7. The summed E-state index contributed by atoms with van der Waals surface area (Å²) < 4.78 is 0. The maximum Gasteiger partial charge on any atom is 0.234 e. The molecule has 1 aromatic rings. The molecule has 0 radical (unpaired) electrons. The molecule has 152 valence electrons. The van der Waals surface area contributed by atoms with Gasteiger partial charge in [0.05, 0.1) is 13.1 Å². The van der Waals surface area contributed by atoms with Gasteiger partial charge in [0.15, 0.2) is 5.96 Å². The van der Waals surface area contributed by atoms with Crippen LogP contribution < -0.4 is 10.6 Å². The Morgan fingerprint density at radius 2 is 2.00 bits per heavy atom. The van der Waals surface area contributed by atoms with Gasteiger partial charge in [-0.15, -0.1) is 11.3 Å². The van der Waals surface area contributed by atoms with Crippen LogP contribution in [0.3, 0.4) is 0 Å². The number of amides is 1. The Morgan fingerprint density at radius 1 is 1.30 bits per heavy atom. The van der Waals surface area contributed by atoms with Crippen molar-refractivity contribution in [2.75, 3.05) is 45.8 Å². The number of guanidine groups is 1. The average molecular weight is 394 g/mol. The maximum absolute atomic E-state index is 12.0. The van der Waals surface area contributed by atoms with Gasteiger partial charge in [0.25, 0.3) is 0 Å². The minimum atomic E-state index is 0.0333. The molecule has 2 rings (SSSR count). The van der Waals surface area contributed by atoms with Crippen LogP contribution in [0.2, 0.25) is 0 Å². The van der Waals surface area contributed by atoms with Gasteiger partial charge in [-0.3, -0.25) is 14.7 Å². The number of rotatable bonds is 7. The third-order valence-electron chi connectivity index (χ3n) is 4.64. The lowest BCUT2D eigenvalue weighted by molar-refractivity contribution is -0.123. The van der Waals surface area contributed by atoms with E-state index in [1.165, 1.54) is 4.88 Å². The summed E-state index contributed by atoms with van der Waals surface area (Å²) in [4.78, 5) is 22.8. The van der Waals surface area contributed by atoms with E-state index < -0.39 is 0 Å². The monoisotopic (exact) mass is 393 g/mol. The molecule has 7 heteroatoms. The summed E-state index contributed by atoms with van der Waals surface area (Å²) in [7, 11) is 0. The summed E-state index contributed by atoms with van der Waals surface area (Å²) in [5.74, 6) is 1.09. The van der Waals surface area contributed by atoms with Crippen molar-refractivity contribution in [3.63, 3.8) is 0 Å². The molecular weight excluding hydrogens is 358 g/mol. The van der Waals surface area contributed by atoms with Gasteiger partial charge in [-0.1, -0.05) is 19.9 Å². The Kier molecular flexibility index (Phi) is 8.10. The SMILES string of the molecule is CCNC(=NCC(C)(C)c1cccs1)N1CCN(CC(=O)NC(C)C)CC1. The van der Waals surface area contributed by atoms with E-state index in [2.05, 4.69) is 58.7 Å². The number of hydrogen-bond acceptors (Lipinski definition) is 4. The van der Waals surface area contributed by atoms with E-state index in [0.29, 0.717) is 6.54 Å². The molecule has 0 bridgehead atoms. The lowest BCUT2D eigenvalue weighted by atomic mass is 9.92. The quantitative estimate of drug-likeness (QED) is 0.550. The largest absolute Gasteiger partial charge is 0.357 e. The van der Waals surface area contributed by atoms with Gasteiger partial charge < -0.3 is 15.5 Å². The summed E-state index contributed by atoms with van der Waals surface area (Å²) in [5, 5.41) is 8.52. The first-order chi connectivity index (χ1) is 12.8. The predicted octanol–water partition coefficient (Wildman–Crippen LogP) is 2.13. The zero-order valence-corrected chi connectivity index (χ0v) is 18.2. The zero-order valence-electron chi connectivity index (χ0n) is 17.4. The normalized spacial score (nSPS) is 16.7. The molecule has 6 nitrogen and oxygen atoms in total. The zero-order chi connectivity index (χ0) is 19.9. The lowest BCUT2D eigenvalue weighted by Gasteiger charge is -2.36. The Labute approximate surface area is 168 Å². The highest BCUT2D eigenvalue weighted by Crippen LogP contribution is 2.27. The van der Waals surface area contributed by atoms with Crippen LogP contribution in [0.1, 0.15) is 39.5 Å². The fourth-order valence-corrected chi connectivity index (χ4v) is 3.97. The molecule has 1 fully saturated rings. The molecule has 0 atom stereocenters. The topological polar surface area (TPSA) is 60.0 Å². The molecule has 1 saturated heterocycles. The molecule has 0 aromatic carbocycles. The van der Waals surface area contributed by atoms with Crippen LogP contribution in [0, 0.1) is 0 Å². The summed E-state index contributed by atoms with van der Waals surface area (Å²) in [5.41, 5.74) is 0.0333. The average Bonchev–Trinajstić information content (AvgIpc) is 3.14. The van der Waals surface area contributed by atoms with Crippen molar-refractivity contribution in [2.45, 2.75) is 46.1 Å². The van der Waals surface area contributed by atoms with E-state index >= 15 is 0 Å². The van der Waals surface area contributed by atoms with Gasteiger partial charge in [-0.2, -0.15) is 0 Å². The van der Waals surface area contributed by atoms with Gasteiger partial charge in [0.1, 0.15) is 0 Å². The highest BCUT2D eigenvalue weighted by molar-refractivity contribution is 7.10. The molecule has 0 saturated carbocycles. The van der Waals surface area contributed by atoms with Crippen molar-refractivity contribution < 1.29 is 4.79 Å². The predicted molar refractivity (Wildman–Crippen MR) is 115 cm³/mol. The minimum absolute atomic E-state index is 0.0333. The summed E-state index contributed by atoms with van der Waals surface area (Å²) in [6.07, 6.45) is 0. The Balaban J connectivity index is 1.91. The molecule has 27 heavy (non-hydrogen) atoms. The molecule has 2 heterocycles. The number of nitrogens with one attached hydrogen (secondary N) is 2. The van der Waals surface area contributed by atoms with Gasteiger partial charge in [0.2, 0.25) is 5.91 Å². The second-order valence-corrected chi connectivity index (χ2v) is 8.96. The van der Waals surface area contributed by atoms with E-state index in [9.17, 15) is 4.79 Å². The third-order valence-corrected chi connectivity index (χ3v) is 5.87. The van der Waals surface area contributed by atoms with Gasteiger partial charge in [-0.05, 0) is 32.2 Å². The van der Waals surface area contributed by atoms with Gasteiger partial charge in [0, 0.05) is 49.1 Å². The first-order valence-electron chi connectivity index (χ1n) is 9.91. The number of aliphatic imine (C=N–C) groups is 1. The van der Waals surface area contributed by atoms with Gasteiger partial charge in [-0.25, -0.2) is 0 Å². The number of carbonyl (C=O) groups excluding carboxylic acids is 1. The number of piperazine rings is 1. The molecule has 1 aliphatic heterocycles. The number of hydrogen-bond donors (Lipinski definition) is 2. The van der Waals surface area contributed by atoms with E-state index in [-0.39, 0.29) is 17.4 Å². The number of carbonyl (C=O) groups is 1. The highest BCUT2D eigenvalue weighted by atomic mass is 32.1. The second kappa shape index (κ2) is 10.1. The van der Waals surface area contributed by atoms with Crippen molar-refractivity contribution in [3.8, 4) is 0 Å². The molecule has 1 aliphatic rings. The smallest absolute Gasteiger partial charge is 0.234 e. The third kappa shape index (κ3) is 6.81. The summed E-state index contributed by atoms with van der Waals surface area (Å²) >= 11 is 1.79. The van der Waals surface area contributed by atoms with E-state index in [1.54, 1.807) is 11.3 Å². The molecule has 2 N–H and O–H groups in total. The van der Waals surface area contributed by atoms with Crippen LogP contribution in [0.4, 0.5) is 0 Å². The lowest BCUT2D eigenvalue weighted by Crippen LogP contribution is -2.54. The van der Waals surface area contributed by atoms with Crippen molar-refractivity contribution in [1.82, 2.24) is 20.4 Å². The number of nitrogens with zero attached hydrogens (tertiary/aromatic N) is 3. The van der Waals surface area contributed by atoms with Crippen molar-refractivity contribution >= 4 is 23.2 Å². The summed E-state index contributed by atoms with van der Waals surface area (Å²) in [6.45, 7) is 16.2. The molecular formula is C20H35N5OS. The first-order valence-corrected chi connectivity index (χ1v) is 10.8. The fourth-order valence-electron chi connectivity index (χ4n) is 3.13. The van der Waals surface area contributed by atoms with Crippen LogP contribution in [-0.4, -0.2) is 73.5 Å². The van der Waals surface area contributed by atoms with E-state index in [1.807, 2.05) is 13.8 Å². The molecule has 1 amide bonds. The van der Waals surface area contributed by atoms with Gasteiger partial charge >= 0.3 is 0 Å². The van der Waals surface area contributed by atoms with Crippen LogP contribution in [-0.2, 0) is 10.2 Å².